The van der Waals surface area contributed by atoms with Gasteiger partial charge in [-0.15, -0.1) is 10.2 Å². The molecule has 2 aromatic heterocycles. The van der Waals surface area contributed by atoms with Gasteiger partial charge in [0.1, 0.15) is 10.6 Å². The predicted molar refractivity (Wildman–Crippen MR) is 121 cm³/mol. The summed E-state index contributed by atoms with van der Waals surface area (Å²) in [7, 11) is -0.274. The molecule has 0 atom stereocenters. The molecular formula is C22H24N6O3S. The molecule has 1 aliphatic rings. The predicted octanol–water partition coefficient (Wildman–Crippen LogP) is 2.20. The number of hydrogen-bond donors (Lipinski definition) is 0. The van der Waals surface area contributed by atoms with E-state index in [1.165, 1.54) is 11.4 Å². The van der Waals surface area contributed by atoms with Gasteiger partial charge in [0.05, 0.1) is 12.8 Å². The number of fused-ring (bicyclic) bond motifs is 3. The summed E-state index contributed by atoms with van der Waals surface area (Å²) in [6.45, 7) is 4.18. The van der Waals surface area contributed by atoms with Crippen molar-refractivity contribution in [1.29, 1.82) is 0 Å². The summed E-state index contributed by atoms with van der Waals surface area (Å²) in [6.07, 6.45) is 0. The molecule has 0 radical (unpaired) electrons. The number of ether oxygens (including phenoxy) is 1. The van der Waals surface area contributed by atoms with E-state index in [-0.39, 0.29) is 4.90 Å². The minimum absolute atomic E-state index is 0.122. The molecule has 2 aromatic carbocycles. The zero-order valence-electron chi connectivity index (χ0n) is 18.2. The smallest absolute Gasteiger partial charge is 0.246 e. The van der Waals surface area contributed by atoms with Gasteiger partial charge in [0.25, 0.3) is 0 Å². The van der Waals surface area contributed by atoms with Gasteiger partial charge >= 0.3 is 0 Å². The Morgan fingerprint density at radius 1 is 0.969 bits per heavy atom. The summed E-state index contributed by atoms with van der Waals surface area (Å²) < 4.78 is 35.5. The average molecular weight is 453 g/mol. The highest BCUT2D eigenvalue weighted by molar-refractivity contribution is 7.89. The van der Waals surface area contributed by atoms with E-state index in [2.05, 4.69) is 20.2 Å². The molecular weight excluding hydrogens is 428 g/mol. The second kappa shape index (κ2) is 7.80. The van der Waals surface area contributed by atoms with Crippen LogP contribution in [0.3, 0.4) is 0 Å². The maximum Gasteiger partial charge on any atom is 0.246 e. The Kier molecular flexibility index (Phi) is 5.07. The molecule has 9 nitrogen and oxygen atoms in total. The monoisotopic (exact) mass is 452 g/mol. The first-order chi connectivity index (χ1) is 15.4. The van der Waals surface area contributed by atoms with Crippen molar-refractivity contribution >= 4 is 26.4 Å². The van der Waals surface area contributed by atoms with Gasteiger partial charge in [0, 0.05) is 42.5 Å². The molecule has 4 aromatic rings. The number of sulfonamides is 1. The van der Waals surface area contributed by atoms with Gasteiger partial charge in [-0.2, -0.15) is 13.9 Å². The zero-order chi connectivity index (χ0) is 22.5. The lowest BCUT2D eigenvalue weighted by atomic mass is 10.1. The number of piperazine rings is 1. The van der Waals surface area contributed by atoms with Crippen molar-refractivity contribution in [2.24, 2.45) is 0 Å². The molecule has 0 aliphatic carbocycles. The third kappa shape index (κ3) is 3.31. The summed E-state index contributed by atoms with van der Waals surface area (Å²) in [4.78, 5) is 2.23. The fourth-order valence-electron chi connectivity index (χ4n) is 4.10. The van der Waals surface area contributed by atoms with E-state index < -0.39 is 10.0 Å². The van der Waals surface area contributed by atoms with Crippen molar-refractivity contribution in [3.05, 3.63) is 48.2 Å². The number of benzene rings is 2. The Morgan fingerprint density at radius 3 is 2.41 bits per heavy atom. The van der Waals surface area contributed by atoms with Crippen LogP contribution in [0.15, 0.2) is 47.4 Å². The molecule has 32 heavy (non-hydrogen) atoms. The van der Waals surface area contributed by atoms with Crippen LogP contribution < -0.4 is 4.74 Å². The number of rotatable bonds is 4. The lowest BCUT2D eigenvalue weighted by molar-refractivity contribution is 0.222. The molecule has 0 saturated carbocycles. The first-order valence-electron chi connectivity index (χ1n) is 10.4. The number of methoxy groups -OCH3 is 1. The number of likely N-dealkylation sites (N-methyl/N-ethyl adjacent to an activating group) is 1. The fourth-order valence-corrected chi connectivity index (χ4v) is 5.71. The van der Waals surface area contributed by atoms with Crippen LogP contribution in [0.2, 0.25) is 0 Å². The number of nitrogens with zero attached hydrogens (tertiary/aromatic N) is 6. The topological polar surface area (TPSA) is 92.9 Å². The highest BCUT2D eigenvalue weighted by Gasteiger charge is 2.31. The summed E-state index contributed by atoms with van der Waals surface area (Å²) in [5.41, 5.74) is 2.07. The standard InChI is InChI=1S/C22H24N6O3S/c1-15-17-6-4-5-7-18(17)22-24-23-21(28(22)25-15)16-8-9-19(31-3)20(14-16)32(29,30)27-12-10-26(2)11-13-27/h4-9,14H,10-13H2,1-3H3. The van der Waals surface area contributed by atoms with Gasteiger partial charge in [0.2, 0.25) is 10.0 Å². The Hall–Kier alpha value is -3.08. The molecule has 1 fully saturated rings. The third-order valence-corrected chi connectivity index (χ3v) is 7.87. The number of aromatic nitrogens is 4. The van der Waals surface area contributed by atoms with E-state index in [1.54, 1.807) is 22.7 Å². The van der Waals surface area contributed by atoms with Gasteiger partial charge in [-0.25, -0.2) is 8.42 Å². The number of aryl methyl sites for hydroxylation is 1. The van der Waals surface area contributed by atoms with E-state index in [1.807, 2.05) is 38.2 Å². The first kappa shape index (κ1) is 20.8. The van der Waals surface area contributed by atoms with Gasteiger partial charge in [-0.1, -0.05) is 24.3 Å². The SMILES string of the molecule is COc1ccc(-c2nnc3c4ccccc4c(C)nn23)cc1S(=O)(=O)N1CCN(C)CC1. The van der Waals surface area contributed by atoms with Crippen LogP contribution in [-0.2, 0) is 10.0 Å². The first-order valence-corrected chi connectivity index (χ1v) is 11.8. The highest BCUT2D eigenvalue weighted by atomic mass is 32.2. The van der Waals surface area contributed by atoms with Crippen LogP contribution in [0, 0.1) is 6.92 Å². The molecule has 1 saturated heterocycles. The molecule has 10 heteroatoms. The van der Waals surface area contributed by atoms with Crippen molar-refractivity contribution in [2.75, 3.05) is 40.3 Å². The van der Waals surface area contributed by atoms with Crippen LogP contribution in [0.4, 0.5) is 0 Å². The van der Waals surface area contributed by atoms with Crippen molar-refractivity contribution in [2.45, 2.75) is 11.8 Å². The van der Waals surface area contributed by atoms with Crippen molar-refractivity contribution in [3.63, 3.8) is 0 Å². The van der Waals surface area contributed by atoms with Crippen LogP contribution >= 0.6 is 0 Å². The summed E-state index contributed by atoms with van der Waals surface area (Å²) in [5.74, 6) is 0.780. The Labute approximate surface area is 186 Å². The quantitative estimate of drug-likeness (QED) is 0.469. The molecule has 0 spiro atoms. The Balaban J connectivity index is 1.65. The van der Waals surface area contributed by atoms with E-state index >= 15 is 0 Å². The van der Waals surface area contributed by atoms with Crippen LogP contribution in [0.25, 0.3) is 27.8 Å². The Morgan fingerprint density at radius 2 is 1.69 bits per heavy atom. The van der Waals surface area contributed by atoms with E-state index in [0.29, 0.717) is 49.0 Å². The van der Waals surface area contributed by atoms with Crippen molar-refractivity contribution in [1.82, 2.24) is 29.0 Å². The van der Waals surface area contributed by atoms with E-state index in [9.17, 15) is 8.42 Å². The van der Waals surface area contributed by atoms with Crippen LogP contribution in [0.5, 0.6) is 5.75 Å². The van der Waals surface area contributed by atoms with Gasteiger partial charge in [0.15, 0.2) is 11.5 Å². The molecule has 0 N–H and O–H groups in total. The van der Waals surface area contributed by atoms with E-state index in [0.717, 1.165) is 16.5 Å². The van der Waals surface area contributed by atoms with E-state index in [4.69, 9.17) is 4.74 Å². The lowest BCUT2D eigenvalue weighted by Crippen LogP contribution is -2.47. The van der Waals surface area contributed by atoms with Crippen LogP contribution in [0.1, 0.15) is 5.69 Å². The zero-order valence-corrected chi connectivity index (χ0v) is 19.0. The second-order valence-electron chi connectivity index (χ2n) is 7.96. The lowest BCUT2D eigenvalue weighted by Gasteiger charge is -2.31. The summed E-state index contributed by atoms with van der Waals surface area (Å²) in [6, 6.07) is 12.9. The Bertz CT molecular complexity index is 1420. The van der Waals surface area contributed by atoms with Gasteiger partial charge < -0.3 is 9.64 Å². The van der Waals surface area contributed by atoms with Crippen molar-refractivity contribution < 1.29 is 13.2 Å². The molecule has 0 bridgehead atoms. The maximum absolute atomic E-state index is 13.5. The normalized spacial score (nSPS) is 16.1. The molecule has 0 unspecified atom stereocenters. The second-order valence-corrected chi connectivity index (χ2v) is 9.87. The maximum atomic E-state index is 13.5. The van der Waals surface area contributed by atoms with Gasteiger partial charge in [-0.3, -0.25) is 0 Å². The average Bonchev–Trinajstić information content (AvgIpc) is 3.23. The van der Waals surface area contributed by atoms with Crippen molar-refractivity contribution in [3.8, 4) is 17.1 Å². The molecule has 1 aliphatic heterocycles. The minimum Gasteiger partial charge on any atom is -0.495 e. The minimum atomic E-state index is -3.73. The molecule has 5 rings (SSSR count). The highest BCUT2D eigenvalue weighted by Crippen LogP contribution is 2.32. The van der Waals surface area contributed by atoms with Gasteiger partial charge in [-0.05, 0) is 32.2 Å². The largest absolute Gasteiger partial charge is 0.495 e. The third-order valence-electron chi connectivity index (χ3n) is 5.95. The molecule has 0 amide bonds. The van der Waals surface area contributed by atoms with Crippen LogP contribution in [-0.4, -0.2) is 77.8 Å². The fraction of sp³-hybridized carbons (Fsp3) is 0.318. The summed E-state index contributed by atoms with van der Waals surface area (Å²) >= 11 is 0. The molecule has 166 valence electrons. The number of hydrogen-bond acceptors (Lipinski definition) is 7. The molecule has 3 heterocycles. The summed E-state index contributed by atoms with van der Waals surface area (Å²) in [5, 5.41) is 15.3.